The van der Waals surface area contributed by atoms with Gasteiger partial charge >= 0.3 is 5.97 Å². The van der Waals surface area contributed by atoms with E-state index in [9.17, 15) is 4.79 Å². The molecule has 0 saturated carbocycles. The van der Waals surface area contributed by atoms with Crippen LogP contribution in [0, 0.1) is 0 Å². The molecule has 7 heteroatoms. The number of hydrogen-bond donors (Lipinski definition) is 2. The van der Waals surface area contributed by atoms with Crippen LogP contribution in [-0.2, 0) is 0 Å². The third-order valence-corrected chi connectivity index (χ3v) is 4.25. The molecule has 3 rings (SSSR count). The number of rotatable bonds is 5. The highest BCUT2D eigenvalue weighted by molar-refractivity contribution is 9.10. The van der Waals surface area contributed by atoms with Crippen molar-refractivity contribution in [2.75, 3.05) is 5.32 Å². The van der Waals surface area contributed by atoms with Crippen LogP contribution in [0.5, 0.6) is 5.75 Å². The van der Waals surface area contributed by atoms with E-state index < -0.39 is 5.97 Å². The molecule has 0 heterocycles. The van der Waals surface area contributed by atoms with Gasteiger partial charge in [-0.2, -0.15) is 5.10 Å². The molecular weight excluding hydrogens is 438 g/mol. The van der Waals surface area contributed by atoms with Gasteiger partial charge < -0.3 is 10.1 Å². The molecule has 0 amide bonds. The maximum atomic E-state index is 12.1. The number of ether oxygens (including phenoxy) is 1. The van der Waals surface area contributed by atoms with Crippen LogP contribution in [0.1, 0.15) is 15.9 Å². The first kappa shape index (κ1) is 19.7. The summed E-state index contributed by atoms with van der Waals surface area (Å²) in [6.45, 7) is 0. The maximum absolute atomic E-state index is 12.1. The molecular formula is C21H16BrN3O2S. The third kappa shape index (κ3) is 6.00. The van der Waals surface area contributed by atoms with Gasteiger partial charge in [0.05, 0.1) is 11.8 Å². The van der Waals surface area contributed by atoms with E-state index in [0.717, 1.165) is 15.7 Å². The van der Waals surface area contributed by atoms with Gasteiger partial charge in [-0.05, 0) is 72.4 Å². The fourth-order valence-corrected chi connectivity index (χ4v) is 2.82. The molecule has 140 valence electrons. The highest BCUT2D eigenvalue weighted by Gasteiger charge is 2.08. The molecule has 3 aromatic carbocycles. The molecule has 0 aliphatic rings. The lowest BCUT2D eigenvalue weighted by molar-refractivity contribution is 0.0734. The van der Waals surface area contributed by atoms with E-state index in [1.807, 2.05) is 36.4 Å². The zero-order chi connectivity index (χ0) is 19.8. The largest absolute Gasteiger partial charge is 0.423 e. The van der Waals surface area contributed by atoms with Gasteiger partial charge in [0.2, 0.25) is 0 Å². The summed E-state index contributed by atoms with van der Waals surface area (Å²) in [5.74, 6) is 0.0399. The topological polar surface area (TPSA) is 62.7 Å². The van der Waals surface area contributed by atoms with Gasteiger partial charge in [0, 0.05) is 10.2 Å². The second-order valence-corrected chi connectivity index (χ2v) is 6.98. The van der Waals surface area contributed by atoms with Crippen molar-refractivity contribution in [3.8, 4) is 5.75 Å². The summed E-state index contributed by atoms with van der Waals surface area (Å²) >= 11 is 8.51. The summed E-state index contributed by atoms with van der Waals surface area (Å²) < 4.78 is 6.19. The molecule has 28 heavy (non-hydrogen) atoms. The van der Waals surface area contributed by atoms with Gasteiger partial charge in [-0.15, -0.1) is 0 Å². The van der Waals surface area contributed by atoms with Gasteiger partial charge in [0.25, 0.3) is 0 Å². The fraction of sp³-hybridized carbons (Fsp3) is 0. The number of esters is 1. The Morgan fingerprint density at radius 2 is 1.75 bits per heavy atom. The number of carbonyl (C=O) groups is 1. The Labute approximate surface area is 176 Å². The Balaban J connectivity index is 1.52. The van der Waals surface area contributed by atoms with Crippen LogP contribution in [0.25, 0.3) is 0 Å². The minimum absolute atomic E-state index is 0.391. The maximum Gasteiger partial charge on any atom is 0.343 e. The Hall–Kier alpha value is -3.03. The normalized spacial score (nSPS) is 10.5. The lowest BCUT2D eigenvalue weighted by Gasteiger charge is -2.06. The van der Waals surface area contributed by atoms with Crippen LogP contribution in [0.3, 0.4) is 0 Å². The number of anilines is 1. The molecule has 0 aromatic heterocycles. The van der Waals surface area contributed by atoms with Crippen molar-refractivity contribution in [1.29, 1.82) is 0 Å². The molecule has 3 aromatic rings. The molecule has 0 bridgehead atoms. The molecule has 0 unspecified atom stereocenters. The number of hydrazone groups is 1. The summed E-state index contributed by atoms with van der Waals surface area (Å²) in [5, 5.41) is 7.51. The van der Waals surface area contributed by atoms with Crippen molar-refractivity contribution in [3.63, 3.8) is 0 Å². The minimum Gasteiger partial charge on any atom is -0.423 e. The number of hydrogen-bond acceptors (Lipinski definition) is 4. The van der Waals surface area contributed by atoms with E-state index in [1.165, 1.54) is 0 Å². The van der Waals surface area contributed by atoms with E-state index in [-0.39, 0.29) is 0 Å². The third-order valence-electron chi connectivity index (χ3n) is 3.56. The second kappa shape index (κ2) is 9.77. The van der Waals surface area contributed by atoms with Crippen molar-refractivity contribution >= 4 is 51.1 Å². The first-order chi connectivity index (χ1) is 13.6. The first-order valence-corrected chi connectivity index (χ1v) is 9.53. The molecule has 0 spiro atoms. The molecule has 2 N–H and O–H groups in total. The van der Waals surface area contributed by atoms with Gasteiger partial charge in [0.15, 0.2) is 5.11 Å². The van der Waals surface area contributed by atoms with E-state index in [0.29, 0.717) is 16.4 Å². The van der Waals surface area contributed by atoms with Crippen LogP contribution in [0.4, 0.5) is 5.69 Å². The number of para-hydroxylation sites is 1. The molecule has 0 aliphatic heterocycles. The van der Waals surface area contributed by atoms with Crippen LogP contribution in [-0.4, -0.2) is 17.3 Å². The zero-order valence-electron chi connectivity index (χ0n) is 14.6. The molecule has 5 nitrogen and oxygen atoms in total. The predicted octanol–water partition coefficient (Wildman–Crippen LogP) is 4.99. The SMILES string of the molecule is O=C(Oc1ccc(/C=N/NC(=S)Nc2ccccc2)cc1)c1cccc(Br)c1. The summed E-state index contributed by atoms with van der Waals surface area (Å²) in [6.07, 6.45) is 1.62. The summed E-state index contributed by atoms with van der Waals surface area (Å²) in [5.41, 5.74) is 4.94. The summed E-state index contributed by atoms with van der Waals surface area (Å²) in [6, 6.07) is 23.6. The molecule has 0 fully saturated rings. The smallest absolute Gasteiger partial charge is 0.343 e. The van der Waals surface area contributed by atoms with E-state index in [2.05, 4.69) is 31.8 Å². The Bertz CT molecular complexity index is 992. The average Bonchev–Trinajstić information content (AvgIpc) is 2.70. The Kier molecular flexibility index (Phi) is 6.89. The quantitative estimate of drug-likeness (QED) is 0.187. The fourth-order valence-electron chi connectivity index (χ4n) is 2.25. The van der Waals surface area contributed by atoms with E-state index in [4.69, 9.17) is 17.0 Å². The van der Waals surface area contributed by atoms with Crippen LogP contribution in [0.2, 0.25) is 0 Å². The number of benzene rings is 3. The lowest BCUT2D eigenvalue weighted by Crippen LogP contribution is -2.23. The molecule has 0 radical (unpaired) electrons. The highest BCUT2D eigenvalue weighted by atomic mass is 79.9. The van der Waals surface area contributed by atoms with Crippen molar-refractivity contribution in [3.05, 3.63) is 94.5 Å². The second-order valence-electron chi connectivity index (χ2n) is 5.66. The van der Waals surface area contributed by atoms with Crippen LogP contribution in [0.15, 0.2) is 88.4 Å². The van der Waals surface area contributed by atoms with Gasteiger partial charge in [-0.3, -0.25) is 5.43 Å². The Morgan fingerprint density at radius 1 is 1.00 bits per heavy atom. The standard InChI is InChI=1S/C21H16BrN3O2S/c22-17-6-4-5-16(13-17)20(26)27-19-11-9-15(10-12-19)14-23-25-21(28)24-18-7-2-1-3-8-18/h1-14H,(H2,24,25,28)/b23-14+. The van der Waals surface area contributed by atoms with Crippen LogP contribution < -0.4 is 15.5 Å². The minimum atomic E-state index is -0.415. The lowest BCUT2D eigenvalue weighted by atomic mass is 10.2. The van der Waals surface area contributed by atoms with Crippen molar-refractivity contribution in [2.24, 2.45) is 5.10 Å². The predicted molar refractivity (Wildman–Crippen MR) is 119 cm³/mol. The van der Waals surface area contributed by atoms with E-state index >= 15 is 0 Å². The molecule has 0 aliphatic carbocycles. The number of nitrogens with zero attached hydrogens (tertiary/aromatic N) is 1. The van der Waals surface area contributed by atoms with Crippen molar-refractivity contribution in [1.82, 2.24) is 5.43 Å². The number of halogens is 1. The number of nitrogens with one attached hydrogen (secondary N) is 2. The number of carbonyl (C=O) groups excluding carboxylic acids is 1. The summed E-state index contributed by atoms with van der Waals surface area (Å²) in [7, 11) is 0. The zero-order valence-corrected chi connectivity index (χ0v) is 17.0. The first-order valence-electron chi connectivity index (χ1n) is 8.33. The average molecular weight is 454 g/mol. The monoisotopic (exact) mass is 453 g/mol. The van der Waals surface area contributed by atoms with Gasteiger partial charge in [-0.1, -0.05) is 40.2 Å². The van der Waals surface area contributed by atoms with Crippen LogP contribution >= 0.6 is 28.1 Å². The number of thiocarbonyl (C=S) groups is 1. The van der Waals surface area contributed by atoms with Gasteiger partial charge in [-0.25, -0.2) is 4.79 Å². The van der Waals surface area contributed by atoms with Gasteiger partial charge in [0.1, 0.15) is 5.75 Å². The molecule has 0 saturated heterocycles. The molecule has 0 atom stereocenters. The Morgan fingerprint density at radius 3 is 2.46 bits per heavy atom. The van der Waals surface area contributed by atoms with Crippen molar-refractivity contribution < 1.29 is 9.53 Å². The summed E-state index contributed by atoms with van der Waals surface area (Å²) in [4.78, 5) is 12.1. The van der Waals surface area contributed by atoms with E-state index in [1.54, 1.807) is 48.7 Å². The van der Waals surface area contributed by atoms with Crippen molar-refractivity contribution in [2.45, 2.75) is 0 Å². The highest BCUT2D eigenvalue weighted by Crippen LogP contribution is 2.16.